The fraction of sp³-hybridized carbons (Fsp3) is 0.107. The van der Waals surface area contributed by atoms with Gasteiger partial charge in [0.15, 0.2) is 0 Å². The fourth-order valence-electron chi connectivity index (χ4n) is 4.92. The Kier molecular flexibility index (Phi) is 5.72. The number of carbonyl (C=O) groups is 1. The molecule has 2 N–H and O–H groups in total. The highest BCUT2D eigenvalue weighted by Gasteiger charge is 2.27. The summed E-state index contributed by atoms with van der Waals surface area (Å²) in [5.41, 5.74) is 4.12. The molecule has 0 saturated carbocycles. The third kappa shape index (κ3) is 4.10. The summed E-state index contributed by atoms with van der Waals surface area (Å²) >= 11 is 6.13. The number of amides is 1. The Bertz CT molecular complexity index is 1800. The first-order chi connectivity index (χ1) is 18.3. The van der Waals surface area contributed by atoms with Crippen molar-refractivity contribution in [1.29, 1.82) is 0 Å². The van der Waals surface area contributed by atoms with Crippen molar-refractivity contribution in [2.45, 2.75) is 13.0 Å². The maximum atomic E-state index is 13.7. The summed E-state index contributed by atoms with van der Waals surface area (Å²) in [6, 6.07) is 11.7. The van der Waals surface area contributed by atoms with Crippen molar-refractivity contribution in [2.24, 2.45) is 7.05 Å². The second-order valence-electron chi connectivity index (χ2n) is 9.14. The number of pyridine rings is 2. The van der Waals surface area contributed by atoms with Gasteiger partial charge in [0.1, 0.15) is 23.0 Å². The molecule has 0 radical (unpaired) electrons. The predicted molar refractivity (Wildman–Crippen MR) is 143 cm³/mol. The number of H-pyrrole nitrogens is 1. The van der Waals surface area contributed by atoms with Crippen LogP contribution in [0.4, 0.5) is 26.0 Å². The van der Waals surface area contributed by atoms with Crippen molar-refractivity contribution < 1.29 is 13.6 Å². The van der Waals surface area contributed by atoms with E-state index in [9.17, 15) is 18.4 Å². The van der Waals surface area contributed by atoms with Crippen molar-refractivity contribution in [3.63, 3.8) is 0 Å². The van der Waals surface area contributed by atoms with E-state index < -0.39 is 11.7 Å². The molecule has 0 unspecified atom stereocenters. The van der Waals surface area contributed by atoms with E-state index in [0.29, 0.717) is 45.4 Å². The van der Waals surface area contributed by atoms with Crippen LogP contribution in [0.15, 0.2) is 71.9 Å². The maximum Gasteiger partial charge on any atom is 0.272 e. The predicted octanol–water partition coefficient (Wildman–Crippen LogP) is 5.69. The van der Waals surface area contributed by atoms with Gasteiger partial charge in [-0.15, -0.1) is 0 Å². The number of anilines is 3. The van der Waals surface area contributed by atoms with Crippen molar-refractivity contribution in [1.82, 2.24) is 14.5 Å². The Labute approximate surface area is 220 Å². The molecule has 5 aromatic rings. The standard InChI is InChI=1S/C28H20ClF2N5O2/c1-35-14-22-21-10-19(34-24(37)9-15-8-18(31)4-7-23(15)29)12-32-27(21)36(20-5-2-17(30)3-6-20)13-16-11-33-28(38)26(35)25(16)22/h2-8,10-12,14H,9,13H2,1H3,(H,33,38)(H,34,37). The lowest BCUT2D eigenvalue weighted by molar-refractivity contribution is -0.115. The van der Waals surface area contributed by atoms with Crippen molar-refractivity contribution in [3.8, 4) is 11.1 Å². The van der Waals surface area contributed by atoms with Gasteiger partial charge in [-0.25, -0.2) is 13.8 Å². The Balaban J connectivity index is 1.46. The molecule has 0 bridgehead atoms. The zero-order chi connectivity index (χ0) is 26.6. The van der Waals surface area contributed by atoms with Crippen molar-refractivity contribution >= 4 is 45.6 Å². The summed E-state index contributed by atoms with van der Waals surface area (Å²) < 4.78 is 29.1. The number of aryl methyl sites for hydroxylation is 1. The molecule has 10 heteroatoms. The summed E-state index contributed by atoms with van der Waals surface area (Å²) in [6.07, 6.45) is 4.95. The van der Waals surface area contributed by atoms with Crippen molar-refractivity contribution in [2.75, 3.05) is 10.2 Å². The molecule has 1 aliphatic rings. The van der Waals surface area contributed by atoms with Crippen LogP contribution in [0.3, 0.4) is 0 Å². The third-order valence-corrected chi connectivity index (χ3v) is 6.99. The fourth-order valence-corrected chi connectivity index (χ4v) is 5.11. The first-order valence-electron chi connectivity index (χ1n) is 11.8. The maximum absolute atomic E-state index is 13.7. The van der Waals surface area contributed by atoms with Crippen LogP contribution in [0.2, 0.25) is 5.02 Å². The van der Waals surface area contributed by atoms with Crippen LogP contribution >= 0.6 is 11.6 Å². The number of hydrogen-bond acceptors (Lipinski definition) is 4. The smallest absolute Gasteiger partial charge is 0.272 e. The number of fused-ring (bicyclic) bond motifs is 2. The second kappa shape index (κ2) is 9.11. The van der Waals surface area contributed by atoms with E-state index in [1.807, 2.05) is 11.1 Å². The first kappa shape index (κ1) is 23.9. The van der Waals surface area contributed by atoms with Gasteiger partial charge in [-0.3, -0.25) is 9.59 Å². The SMILES string of the molecule is Cn1cc2c3c(c[nH]c(=O)c31)CN(c1ccc(F)cc1)c1ncc(NC(=O)Cc3cc(F)ccc3Cl)cc1-2. The molecule has 0 aliphatic carbocycles. The number of aromatic amines is 1. The van der Waals surface area contributed by atoms with Gasteiger partial charge in [-0.2, -0.15) is 0 Å². The Morgan fingerprint density at radius 2 is 1.87 bits per heavy atom. The van der Waals surface area contributed by atoms with E-state index in [0.717, 1.165) is 16.5 Å². The minimum Gasteiger partial charge on any atom is -0.345 e. The highest BCUT2D eigenvalue weighted by molar-refractivity contribution is 6.31. The average Bonchev–Trinajstić information content (AvgIpc) is 3.18. The number of halogens is 3. The number of hydrogen-bond donors (Lipinski definition) is 2. The first-order valence-corrected chi connectivity index (χ1v) is 12.1. The van der Waals surface area contributed by atoms with E-state index in [1.165, 1.54) is 36.5 Å². The number of aromatic nitrogens is 3. The molecular formula is C28H20ClF2N5O2. The molecule has 7 nitrogen and oxygen atoms in total. The molecule has 2 aromatic carbocycles. The van der Waals surface area contributed by atoms with Gasteiger partial charge < -0.3 is 19.8 Å². The molecule has 3 aromatic heterocycles. The molecule has 4 heterocycles. The quantitative estimate of drug-likeness (QED) is 0.312. The highest BCUT2D eigenvalue weighted by Crippen LogP contribution is 2.43. The molecule has 0 fully saturated rings. The van der Waals surface area contributed by atoms with Crippen molar-refractivity contribution in [3.05, 3.63) is 105 Å². The van der Waals surface area contributed by atoms with Crippen LogP contribution in [0.1, 0.15) is 11.1 Å². The van der Waals surface area contributed by atoms with E-state index in [-0.39, 0.29) is 17.8 Å². The molecule has 0 spiro atoms. The molecule has 1 amide bonds. The summed E-state index contributed by atoms with van der Waals surface area (Å²) in [6.45, 7) is 0.375. The number of nitrogens with one attached hydrogen (secondary N) is 2. The van der Waals surface area contributed by atoms with Gasteiger partial charge in [0.2, 0.25) is 5.91 Å². The van der Waals surface area contributed by atoms with Gasteiger partial charge in [-0.1, -0.05) is 11.6 Å². The lowest BCUT2D eigenvalue weighted by Gasteiger charge is -2.25. The Morgan fingerprint density at radius 3 is 2.66 bits per heavy atom. The van der Waals surface area contributed by atoms with Gasteiger partial charge in [0.25, 0.3) is 5.56 Å². The minimum absolute atomic E-state index is 0.122. The van der Waals surface area contributed by atoms with Crippen LogP contribution in [0, 0.1) is 11.6 Å². The molecule has 6 rings (SSSR count). The van der Waals surface area contributed by atoms with E-state index in [2.05, 4.69) is 15.3 Å². The molecule has 0 saturated heterocycles. The van der Waals surface area contributed by atoms with E-state index in [4.69, 9.17) is 11.6 Å². The van der Waals surface area contributed by atoms with Crippen LogP contribution < -0.4 is 15.8 Å². The molecule has 0 atom stereocenters. The van der Waals surface area contributed by atoms with Gasteiger partial charge in [0.05, 0.1) is 24.8 Å². The number of nitrogens with zero attached hydrogens (tertiary/aromatic N) is 3. The lowest BCUT2D eigenvalue weighted by Crippen LogP contribution is -2.20. The zero-order valence-corrected chi connectivity index (χ0v) is 20.8. The number of benzene rings is 2. The van der Waals surface area contributed by atoms with Crippen LogP contribution in [-0.2, 0) is 24.8 Å². The number of rotatable bonds is 4. The molecule has 190 valence electrons. The lowest BCUT2D eigenvalue weighted by atomic mass is 10.0. The van der Waals surface area contributed by atoms with E-state index >= 15 is 0 Å². The highest BCUT2D eigenvalue weighted by atomic mass is 35.5. The normalized spacial score (nSPS) is 12.4. The molecule has 1 aliphatic heterocycles. The summed E-state index contributed by atoms with van der Waals surface area (Å²) in [5.74, 6) is -0.646. The second-order valence-corrected chi connectivity index (χ2v) is 9.55. The average molecular weight is 532 g/mol. The molecular weight excluding hydrogens is 512 g/mol. The minimum atomic E-state index is -0.480. The summed E-state index contributed by atoms with van der Waals surface area (Å²) in [7, 11) is 1.80. The zero-order valence-electron chi connectivity index (χ0n) is 20.1. The van der Waals surface area contributed by atoms with E-state index in [1.54, 1.807) is 36.0 Å². The summed E-state index contributed by atoms with van der Waals surface area (Å²) in [5, 5.41) is 3.89. The van der Waals surface area contributed by atoms with Crippen LogP contribution in [0.25, 0.3) is 22.0 Å². The summed E-state index contributed by atoms with van der Waals surface area (Å²) in [4.78, 5) is 35.0. The monoisotopic (exact) mass is 531 g/mol. The molecule has 38 heavy (non-hydrogen) atoms. The third-order valence-electron chi connectivity index (χ3n) is 6.62. The number of carbonyl (C=O) groups excluding carboxylic acids is 1. The van der Waals surface area contributed by atoms with Crippen LogP contribution in [-0.4, -0.2) is 20.4 Å². The largest absolute Gasteiger partial charge is 0.345 e. The topological polar surface area (TPSA) is 83.0 Å². The van der Waals surface area contributed by atoms with Gasteiger partial charge >= 0.3 is 0 Å². The van der Waals surface area contributed by atoms with Gasteiger partial charge in [-0.05, 0) is 59.7 Å². The Morgan fingerprint density at radius 1 is 1.11 bits per heavy atom. The van der Waals surface area contributed by atoms with Gasteiger partial charge in [0, 0.05) is 46.7 Å². The Hall–Kier alpha value is -4.50. The van der Waals surface area contributed by atoms with Crippen LogP contribution in [0.5, 0.6) is 0 Å².